The van der Waals surface area contributed by atoms with Gasteiger partial charge < -0.3 is 15.2 Å². The smallest absolute Gasteiger partial charge is 0.337 e. The second-order valence-corrected chi connectivity index (χ2v) is 4.05. The first-order chi connectivity index (χ1) is 9.19. The van der Waals surface area contributed by atoms with Crippen molar-refractivity contribution in [3.05, 3.63) is 59.7 Å². The number of methoxy groups -OCH3 is 1. The van der Waals surface area contributed by atoms with Gasteiger partial charge in [-0.2, -0.15) is 0 Å². The van der Waals surface area contributed by atoms with Crippen molar-refractivity contribution in [2.24, 2.45) is 0 Å². The monoisotopic (exact) mass is 257 g/mol. The fourth-order valence-electron chi connectivity index (χ4n) is 1.63. The standard InChI is InChI=1S/C15H15NO3/c1-18-15(17)12-7-5-11(6-8-12)10-19-14-4-2-3-13(16)9-14/h2-9H,10,16H2,1H3. The molecule has 2 N–H and O–H groups in total. The highest BCUT2D eigenvalue weighted by Gasteiger charge is 2.04. The Morgan fingerprint density at radius 3 is 2.53 bits per heavy atom. The zero-order valence-electron chi connectivity index (χ0n) is 10.6. The minimum atomic E-state index is -0.344. The van der Waals surface area contributed by atoms with Crippen LogP contribution < -0.4 is 10.5 Å². The fraction of sp³-hybridized carbons (Fsp3) is 0.133. The zero-order valence-corrected chi connectivity index (χ0v) is 10.6. The minimum absolute atomic E-state index is 0.344. The quantitative estimate of drug-likeness (QED) is 0.675. The lowest BCUT2D eigenvalue weighted by atomic mass is 10.1. The lowest BCUT2D eigenvalue weighted by molar-refractivity contribution is 0.0600. The van der Waals surface area contributed by atoms with Gasteiger partial charge in [0.05, 0.1) is 12.7 Å². The Morgan fingerprint density at radius 2 is 1.89 bits per heavy atom. The van der Waals surface area contributed by atoms with Crippen LogP contribution >= 0.6 is 0 Å². The topological polar surface area (TPSA) is 61.5 Å². The average molecular weight is 257 g/mol. The number of hydrogen-bond donors (Lipinski definition) is 1. The number of carbonyl (C=O) groups excluding carboxylic acids is 1. The molecule has 0 bridgehead atoms. The van der Waals surface area contributed by atoms with Crippen LogP contribution in [-0.4, -0.2) is 13.1 Å². The number of rotatable bonds is 4. The highest BCUT2D eigenvalue weighted by atomic mass is 16.5. The Hall–Kier alpha value is -2.49. The average Bonchev–Trinajstić information content (AvgIpc) is 2.45. The first-order valence-electron chi connectivity index (χ1n) is 5.84. The molecule has 2 rings (SSSR count). The van der Waals surface area contributed by atoms with Crippen LogP contribution in [0.15, 0.2) is 48.5 Å². The third kappa shape index (κ3) is 3.48. The van der Waals surface area contributed by atoms with Crippen LogP contribution in [0.25, 0.3) is 0 Å². The fourth-order valence-corrected chi connectivity index (χ4v) is 1.63. The Morgan fingerprint density at radius 1 is 1.16 bits per heavy atom. The summed E-state index contributed by atoms with van der Waals surface area (Å²) in [7, 11) is 1.36. The number of hydrogen-bond acceptors (Lipinski definition) is 4. The van der Waals surface area contributed by atoms with Crippen LogP contribution in [0.3, 0.4) is 0 Å². The summed E-state index contributed by atoms with van der Waals surface area (Å²) in [5.74, 6) is 0.375. The normalized spacial score (nSPS) is 9.95. The molecule has 0 heterocycles. The first-order valence-corrected chi connectivity index (χ1v) is 5.84. The van der Waals surface area contributed by atoms with Crippen molar-refractivity contribution in [3.63, 3.8) is 0 Å². The van der Waals surface area contributed by atoms with E-state index in [2.05, 4.69) is 4.74 Å². The third-order valence-electron chi connectivity index (χ3n) is 2.64. The SMILES string of the molecule is COC(=O)c1ccc(COc2cccc(N)c2)cc1. The van der Waals surface area contributed by atoms with E-state index in [0.717, 1.165) is 11.3 Å². The summed E-state index contributed by atoms with van der Waals surface area (Å²) < 4.78 is 10.2. The first kappa shape index (κ1) is 13.0. The maximum Gasteiger partial charge on any atom is 0.337 e. The highest BCUT2D eigenvalue weighted by molar-refractivity contribution is 5.89. The van der Waals surface area contributed by atoms with Gasteiger partial charge in [-0.05, 0) is 29.8 Å². The Bertz CT molecular complexity index is 564. The van der Waals surface area contributed by atoms with Crippen LogP contribution in [0.4, 0.5) is 5.69 Å². The third-order valence-corrected chi connectivity index (χ3v) is 2.64. The van der Waals surface area contributed by atoms with Crippen molar-refractivity contribution in [1.29, 1.82) is 0 Å². The predicted octanol–water partition coefficient (Wildman–Crippen LogP) is 2.63. The second kappa shape index (κ2) is 5.91. The number of nitrogen functional groups attached to an aromatic ring is 1. The summed E-state index contributed by atoms with van der Waals surface area (Å²) in [5.41, 5.74) is 7.82. The van der Waals surface area contributed by atoms with E-state index in [1.165, 1.54) is 7.11 Å². The minimum Gasteiger partial charge on any atom is -0.489 e. The van der Waals surface area contributed by atoms with Crippen molar-refractivity contribution in [3.8, 4) is 5.75 Å². The summed E-state index contributed by atoms with van der Waals surface area (Å²) in [5, 5.41) is 0. The van der Waals surface area contributed by atoms with Crippen LogP contribution in [0, 0.1) is 0 Å². The Labute approximate surface area is 111 Å². The molecule has 0 spiro atoms. The van der Waals surface area contributed by atoms with Gasteiger partial charge in [0.15, 0.2) is 0 Å². The maximum absolute atomic E-state index is 11.3. The Kier molecular flexibility index (Phi) is 4.03. The lowest BCUT2D eigenvalue weighted by Crippen LogP contribution is -2.02. The van der Waals surface area contributed by atoms with Gasteiger partial charge in [0, 0.05) is 11.8 Å². The molecule has 0 radical (unpaired) electrons. The molecule has 0 aliphatic rings. The second-order valence-electron chi connectivity index (χ2n) is 4.05. The van der Waals surface area contributed by atoms with E-state index in [1.54, 1.807) is 24.3 Å². The molecular formula is C15H15NO3. The van der Waals surface area contributed by atoms with E-state index >= 15 is 0 Å². The van der Waals surface area contributed by atoms with Gasteiger partial charge in [-0.1, -0.05) is 18.2 Å². The molecular weight excluding hydrogens is 242 g/mol. The predicted molar refractivity (Wildman–Crippen MR) is 73.0 cm³/mol. The van der Waals surface area contributed by atoms with Crippen LogP contribution in [0.2, 0.25) is 0 Å². The van der Waals surface area contributed by atoms with E-state index < -0.39 is 0 Å². The van der Waals surface area contributed by atoms with Gasteiger partial charge in [0.2, 0.25) is 0 Å². The highest BCUT2D eigenvalue weighted by Crippen LogP contribution is 2.16. The molecule has 4 nitrogen and oxygen atoms in total. The molecule has 0 saturated heterocycles. The van der Waals surface area contributed by atoms with Crippen LogP contribution in [-0.2, 0) is 11.3 Å². The van der Waals surface area contributed by atoms with Gasteiger partial charge >= 0.3 is 5.97 Å². The molecule has 98 valence electrons. The van der Waals surface area contributed by atoms with E-state index in [4.69, 9.17) is 10.5 Å². The molecule has 0 aromatic heterocycles. The van der Waals surface area contributed by atoms with E-state index in [-0.39, 0.29) is 5.97 Å². The van der Waals surface area contributed by atoms with Gasteiger partial charge in [0.25, 0.3) is 0 Å². The van der Waals surface area contributed by atoms with Crippen LogP contribution in [0.5, 0.6) is 5.75 Å². The summed E-state index contributed by atoms with van der Waals surface area (Å²) >= 11 is 0. The molecule has 0 aliphatic heterocycles. The molecule has 0 aliphatic carbocycles. The van der Waals surface area contributed by atoms with Gasteiger partial charge in [-0.3, -0.25) is 0 Å². The number of carbonyl (C=O) groups is 1. The summed E-state index contributed by atoms with van der Waals surface area (Å²) in [6.45, 7) is 0.422. The van der Waals surface area contributed by atoms with Crippen molar-refractivity contribution in [1.82, 2.24) is 0 Å². The van der Waals surface area contributed by atoms with Crippen molar-refractivity contribution in [2.45, 2.75) is 6.61 Å². The van der Waals surface area contributed by atoms with Crippen molar-refractivity contribution in [2.75, 3.05) is 12.8 Å². The van der Waals surface area contributed by atoms with Crippen molar-refractivity contribution < 1.29 is 14.3 Å². The van der Waals surface area contributed by atoms with Gasteiger partial charge in [0.1, 0.15) is 12.4 Å². The molecule has 4 heteroatoms. The maximum atomic E-state index is 11.3. The molecule has 0 amide bonds. The molecule has 0 atom stereocenters. The Balaban J connectivity index is 1.98. The molecule has 0 saturated carbocycles. The molecule has 2 aromatic carbocycles. The zero-order chi connectivity index (χ0) is 13.7. The summed E-state index contributed by atoms with van der Waals surface area (Å²) in [6.07, 6.45) is 0. The number of esters is 1. The summed E-state index contributed by atoms with van der Waals surface area (Å²) in [4.78, 5) is 11.3. The molecule has 0 fully saturated rings. The molecule has 2 aromatic rings. The van der Waals surface area contributed by atoms with E-state index in [9.17, 15) is 4.79 Å². The largest absolute Gasteiger partial charge is 0.489 e. The van der Waals surface area contributed by atoms with Gasteiger partial charge in [-0.15, -0.1) is 0 Å². The molecule has 0 unspecified atom stereocenters. The van der Waals surface area contributed by atoms with Crippen LogP contribution in [0.1, 0.15) is 15.9 Å². The number of nitrogens with two attached hydrogens (primary N) is 1. The van der Waals surface area contributed by atoms with E-state index in [0.29, 0.717) is 17.9 Å². The number of anilines is 1. The number of benzene rings is 2. The van der Waals surface area contributed by atoms with Crippen molar-refractivity contribution >= 4 is 11.7 Å². The molecule has 19 heavy (non-hydrogen) atoms. The lowest BCUT2D eigenvalue weighted by Gasteiger charge is -2.07. The van der Waals surface area contributed by atoms with E-state index in [1.807, 2.05) is 24.3 Å². The summed E-state index contributed by atoms with van der Waals surface area (Å²) in [6, 6.07) is 14.3. The number of ether oxygens (including phenoxy) is 2. The van der Waals surface area contributed by atoms with Gasteiger partial charge in [-0.25, -0.2) is 4.79 Å².